The Kier molecular flexibility index (Phi) is 5.06. The monoisotopic (exact) mass is 139 g/mol. The summed E-state index contributed by atoms with van der Waals surface area (Å²) in [5, 5.41) is 0. The molecule has 0 aliphatic rings. The Morgan fingerprint density at radius 3 is 2.50 bits per heavy atom. The fraction of sp³-hybridized carbons (Fsp3) is 0.778. The first kappa shape index (κ1) is 9.52. The molecular formula is C9H17N. The van der Waals surface area contributed by atoms with Gasteiger partial charge >= 0.3 is 0 Å². The Hall–Kier alpha value is -0.480. The fourth-order valence-corrected chi connectivity index (χ4v) is 0.998. The summed E-state index contributed by atoms with van der Waals surface area (Å²) in [5.41, 5.74) is 5.52. The SMILES string of the molecule is C#CC(C)CC(CC)CN. The molecule has 2 N–H and O–H groups in total. The average Bonchev–Trinajstić information content (AvgIpc) is 1.99. The van der Waals surface area contributed by atoms with Gasteiger partial charge in [0.2, 0.25) is 0 Å². The van der Waals surface area contributed by atoms with Crippen molar-refractivity contribution in [2.24, 2.45) is 17.6 Å². The molecule has 0 aliphatic heterocycles. The summed E-state index contributed by atoms with van der Waals surface area (Å²) >= 11 is 0. The van der Waals surface area contributed by atoms with E-state index in [1.54, 1.807) is 0 Å². The van der Waals surface area contributed by atoms with E-state index in [1.165, 1.54) is 0 Å². The van der Waals surface area contributed by atoms with Crippen molar-refractivity contribution >= 4 is 0 Å². The largest absolute Gasteiger partial charge is 0.330 e. The van der Waals surface area contributed by atoms with Crippen molar-refractivity contribution in [3.63, 3.8) is 0 Å². The molecule has 0 aromatic heterocycles. The van der Waals surface area contributed by atoms with Crippen LogP contribution in [-0.2, 0) is 0 Å². The molecule has 0 radical (unpaired) electrons. The highest BCUT2D eigenvalue weighted by atomic mass is 14.5. The van der Waals surface area contributed by atoms with Crippen LogP contribution in [0.5, 0.6) is 0 Å². The molecular weight excluding hydrogens is 122 g/mol. The van der Waals surface area contributed by atoms with Crippen LogP contribution < -0.4 is 5.73 Å². The highest BCUT2D eigenvalue weighted by molar-refractivity contribution is 4.91. The topological polar surface area (TPSA) is 26.0 Å². The van der Waals surface area contributed by atoms with E-state index in [9.17, 15) is 0 Å². The first-order valence-corrected chi connectivity index (χ1v) is 3.90. The van der Waals surface area contributed by atoms with Gasteiger partial charge in [0.1, 0.15) is 0 Å². The molecule has 0 spiro atoms. The summed E-state index contributed by atoms with van der Waals surface area (Å²) in [6.07, 6.45) is 7.45. The lowest BCUT2D eigenvalue weighted by molar-refractivity contribution is 0.436. The zero-order chi connectivity index (χ0) is 7.98. The summed E-state index contributed by atoms with van der Waals surface area (Å²) in [4.78, 5) is 0. The third-order valence-electron chi connectivity index (χ3n) is 1.88. The molecule has 2 unspecified atom stereocenters. The first-order valence-electron chi connectivity index (χ1n) is 3.90. The predicted molar refractivity (Wildman–Crippen MR) is 45.4 cm³/mol. The van der Waals surface area contributed by atoms with E-state index in [-0.39, 0.29) is 0 Å². The number of nitrogens with two attached hydrogens (primary N) is 1. The highest BCUT2D eigenvalue weighted by Gasteiger charge is 2.06. The van der Waals surface area contributed by atoms with Crippen LogP contribution in [0.2, 0.25) is 0 Å². The van der Waals surface area contributed by atoms with Gasteiger partial charge in [0.15, 0.2) is 0 Å². The highest BCUT2D eigenvalue weighted by Crippen LogP contribution is 2.12. The normalized spacial score (nSPS) is 15.8. The van der Waals surface area contributed by atoms with E-state index in [1.807, 2.05) is 0 Å². The fourth-order valence-electron chi connectivity index (χ4n) is 0.998. The third-order valence-corrected chi connectivity index (χ3v) is 1.88. The molecule has 1 heteroatoms. The lowest BCUT2D eigenvalue weighted by atomic mass is 9.94. The van der Waals surface area contributed by atoms with Crippen LogP contribution in [0.4, 0.5) is 0 Å². The maximum absolute atomic E-state index is 5.52. The summed E-state index contributed by atoms with van der Waals surface area (Å²) < 4.78 is 0. The first-order chi connectivity index (χ1) is 4.74. The van der Waals surface area contributed by atoms with Gasteiger partial charge in [-0.05, 0) is 18.9 Å². The minimum absolute atomic E-state index is 0.383. The molecule has 1 nitrogen and oxygen atoms in total. The van der Waals surface area contributed by atoms with Gasteiger partial charge in [-0.3, -0.25) is 0 Å². The standard InChI is InChI=1S/C9H17N/c1-4-8(3)6-9(5-2)7-10/h1,8-9H,5-7,10H2,2-3H3. The van der Waals surface area contributed by atoms with Crippen LogP contribution >= 0.6 is 0 Å². The van der Waals surface area contributed by atoms with Gasteiger partial charge in [0.05, 0.1) is 0 Å². The summed E-state index contributed by atoms with van der Waals surface area (Å²) in [7, 11) is 0. The van der Waals surface area contributed by atoms with E-state index in [2.05, 4.69) is 19.8 Å². The van der Waals surface area contributed by atoms with Crippen LogP contribution in [0, 0.1) is 24.2 Å². The maximum Gasteiger partial charge on any atom is 0.0175 e. The molecule has 0 fully saturated rings. The molecule has 10 heavy (non-hydrogen) atoms. The summed E-state index contributed by atoms with van der Waals surface area (Å²) in [6, 6.07) is 0. The Balaban J connectivity index is 3.54. The molecule has 0 heterocycles. The van der Waals surface area contributed by atoms with Crippen molar-refractivity contribution in [2.75, 3.05) is 6.54 Å². The van der Waals surface area contributed by atoms with Crippen molar-refractivity contribution < 1.29 is 0 Å². The van der Waals surface area contributed by atoms with Gasteiger partial charge in [-0.15, -0.1) is 12.3 Å². The third kappa shape index (κ3) is 3.53. The van der Waals surface area contributed by atoms with Crippen LogP contribution in [0.3, 0.4) is 0 Å². The number of hydrogen-bond acceptors (Lipinski definition) is 1. The molecule has 0 saturated heterocycles. The van der Waals surface area contributed by atoms with Crippen molar-refractivity contribution in [1.29, 1.82) is 0 Å². The molecule has 0 aromatic rings. The van der Waals surface area contributed by atoms with Gasteiger partial charge in [-0.25, -0.2) is 0 Å². The van der Waals surface area contributed by atoms with Crippen LogP contribution in [0.25, 0.3) is 0 Å². The Morgan fingerprint density at radius 2 is 2.20 bits per heavy atom. The average molecular weight is 139 g/mol. The summed E-state index contributed by atoms with van der Waals surface area (Å²) in [6.45, 7) is 4.99. The van der Waals surface area contributed by atoms with Crippen molar-refractivity contribution in [2.45, 2.75) is 26.7 Å². The smallest absolute Gasteiger partial charge is 0.0175 e. The molecule has 0 aromatic carbocycles. The van der Waals surface area contributed by atoms with Crippen molar-refractivity contribution in [1.82, 2.24) is 0 Å². The predicted octanol–water partition coefficient (Wildman–Crippen LogP) is 1.63. The van der Waals surface area contributed by atoms with E-state index in [4.69, 9.17) is 12.2 Å². The van der Waals surface area contributed by atoms with Crippen LogP contribution in [0.1, 0.15) is 26.7 Å². The van der Waals surface area contributed by atoms with Gasteiger partial charge in [-0.2, -0.15) is 0 Å². The van der Waals surface area contributed by atoms with E-state index < -0.39 is 0 Å². The van der Waals surface area contributed by atoms with Gasteiger partial charge < -0.3 is 5.73 Å². The van der Waals surface area contributed by atoms with E-state index in [0.717, 1.165) is 19.4 Å². The van der Waals surface area contributed by atoms with Gasteiger partial charge in [0, 0.05) is 5.92 Å². The summed E-state index contributed by atoms with van der Waals surface area (Å²) in [5.74, 6) is 3.71. The lowest BCUT2D eigenvalue weighted by Gasteiger charge is -2.13. The molecule has 0 saturated carbocycles. The minimum Gasteiger partial charge on any atom is -0.330 e. The Bertz CT molecular complexity index is 108. The molecule has 0 rings (SSSR count). The zero-order valence-electron chi connectivity index (χ0n) is 6.93. The second-order valence-electron chi connectivity index (χ2n) is 2.81. The van der Waals surface area contributed by atoms with E-state index >= 15 is 0 Å². The van der Waals surface area contributed by atoms with Gasteiger partial charge in [-0.1, -0.05) is 20.3 Å². The van der Waals surface area contributed by atoms with Crippen LogP contribution in [-0.4, -0.2) is 6.54 Å². The maximum atomic E-state index is 5.52. The van der Waals surface area contributed by atoms with Crippen LogP contribution in [0.15, 0.2) is 0 Å². The minimum atomic E-state index is 0.383. The molecule has 58 valence electrons. The van der Waals surface area contributed by atoms with Crippen molar-refractivity contribution in [3.8, 4) is 12.3 Å². The Morgan fingerprint density at radius 1 is 1.60 bits per heavy atom. The van der Waals surface area contributed by atoms with E-state index in [0.29, 0.717) is 11.8 Å². The number of hydrogen-bond donors (Lipinski definition) is 1. The number of terminal acetylenes is 1. The molecule has 0 amide bonds. The second-order valence-corrected chi connectivity index (χ2v) is 2.81. The zero-order valence-corrected chi connectivity index (χ0v) is 6.93. The molecule has 2 atom stereocenters. The Labute approximate surface area is 64.0 Å². The number of rotatable bonds is 4. The van der Waals surface area contributed by atoms with Crippen molar-refractivity contribution in [3.05, 3.63) is 0 Å². The lowest BCUT2D eigenvalue weighted by Crippen LogP contribution is -2.15. The van der Waals surface area contributed by atoms with Gasteiger partial charge in [0.25, 0.3) is 0 Å². The quantitative estimate of drug-likeness (QED) is 0.589. The second kappa shape index (κ2) is 5.32. The molecule has 0 bridgehead atoms. The molecule has 0 aliphatic carbocycles.